The van der Waals surface area contributed by atoms with Crippen LogP contribution < -0.4 is 0 Å². The molecule has 2 atom stereocenters. The molecule has 0 bridgehead atoms. The first kappa shape index (κ1) is 16.6. The molecule has 8 heteroatoms. The number of aliphatic hydroxyl groups excluding tert-OH is 2. The molecule has 1 heterocycles. The molecule has 23 heavy (non-hydrogen) atoms. The summed E-state index contributed by atoms with van der Waals surface area (Å²) in [4.78, 5) is 13.4. The van der Waals surface area contributed by atoms with Gasteiger partial charge in [0.2, 0.25) is 5.76 Å². The zero-order chi connectivity index (χ0) is 16.8. The van der Waals surface area contributed by atoms with E-state index < -0.39 is 18.2 Å². The Labute approximate surface area is 131 Å². The van der Waals surface area contributed by atoms with Crippen molar-refractivity contribution >= 4 is 5.97 Å². The number of azide groups is 1. The predicted molar refractivity (Wildman–Crippen MR) is 80.7 cm³/mol. The quantitative estimate of drug-likeness (QED) is 0.409. The Hall–Kier alpha value is -2.80. The maximum atomic E-state index is 10.8. The number of carbonyl (C=O) groups is 1. The van der Waals surface area contributed by atoms with E-state index in [0.29, 0.717) is 16.9 Å². The van der Waals surface area contributed by atoms with E-state index in [9.17, 15) is 15.0 Å². The molecular weight excluding hydrogens is 302 g/mol. The fraction of sp³-hybridized carbons (Fsp3) is 0.267. The first-order valence-electron chi connectivity index (χ1n) is 6.83. The number of furan rings is 1. The van der Waals surface area contributed by atoms with Gasteiger partial charge in [-0.1, -0.05) is 29.4 Å². The van der Waals surface area contributed by atoms with Crippen molar-refractivity contribution in [2.75, 3.05) is 6.54 Å². The van der Waals surface area contributed by atoms with Gasteiger partial charge >= 0.3 is 5.97 Å². The van der Waals surface area contributed by atoms with Gasteiger partial charge in [-0.15, -0.1) is 0 Å². The second-order valence-electron chi connectivity index (χ2n) is 4.85. The van der Waals surface area contributed by atoms with E-state index in [1.54, 1.807) is 30.3 Å². The van der Waals surface area contributed by atoms with Crippen LogP contribution in [-0.4, -0.2) is 33.9 Å². The first-order valence-corrected chi connectivity index (χ1v) is 6.83. The summed E-state index contributed by atoms with van der Waals surface area (Å²) >= 11 is 0. The fourth-order valence-corrected chi connectivity index (χ4v) is 2.07. The molecule has 2 aromatic rings. The fourth-order valence-electron chi connectivity index (χ4n) is 2.07. The number of aliphatic hydroxyl groups is 2. The Kier molecular flexibility index (Phi) is 5.37. The highest BCUT2D eigenvalue weighted by Crippen LogP contribution is 2.25. The van der Waals surface area contributed by atoms with Crippen LogP contribution in [0, 0.1) is 0 Å². The monoisotopic (exact) mass is 317 g/mol. The maximum absolute atomic E-state index is 10.8. The van der Waals surface area contributed by atoms with Gasteiger partial charge in [-0.3, -0.25) is 0 Å². The van der Waals surface area contributed by atoms with Crippen molar-refractivity contribution < 1.29 is 24.5 Å². The molecule has 8 nitrogen and oxygen atoms in total. The van der Waals surface area contributed by atoms with Gasteiger partial charge < -0.3 is 19.7 Å². The van der Waals surface area contributed by atoms with Crippen LogP contribution in [0.3, 0.4) is 0 Å². The van der Waals surface area contributed by atoms with Crippen LogP contribution in [0.1, 0.15) is 28.6 Å². The van der Waals surface area contributed by atoms with E-state index >= 15 is 0 Å². The number of carboxylic acids is 1. The summed E-state index contributed by atoms with van der Waals surface area (Å²) < 4.78 is 5.19. The van der Waals surface area contributed by atoms with E-state index in [1.165, 1.54) is 6.07 Å². The molecule has 2 unspecified atom stereocenters. The molecule has 1 aromatic heterocycles. The van der Waals surface area contributed by atoms with Crippen molar-refractivity contribution in [1.29, 1.82) is 0 Å². The number of nitrogens with zero attached hydrogens (tertiary/aromatic N) is 3. The Morgan fingerprint density at radius 3 is 2.48 bits per heavy atom. The molecule has 0 aliphatic heterocycles. The van der Waals surface area contributed by atoms with Crippen molar-refractivity contribution in [2.45, 2.75) is 18.6 Å². The van der Waals surface area contributed by atoms with Crippen LogP contribution in [0.4, 0.5) is 0 Å². The predicted octanol–water partition coefficient (Wildman–Crippen LogP) is 2.74. The molecule has 0 amide bonds. The lowest BCUT2D eigenvalue weighted by Gasteiger charge is -2.17. The summed E-state index contributed by atoms with van der Waals surface area (Å²) in [6.07, 6.45) is -2.01. The largest absolute Gasteiger partial charge is 0.475 e. The minimum absolute atomic E-state index is 0.0944. The number of benzene rings is 1. The minimum atomic E-state index is -1.15. The standard InChI is InChI=1S/C15H15N3O5/c16-18-17-8-7-11(19)14(20)10-3-1-9(2-4-10)12-5-6-13(23-12)15(21)22/h1-6,11,14,19-20H,7-8H2,(H,21,22). The van der Waals surface area contributed by atoms with Crippen LogP contribution in [0.2, 0.25) is 0 Å². The van der Waals surface area contributed by atoms with E-state index in [2.05, 4.69) is 10.0 Å². The van der Waals surface area contributed by atoms with Gasteiger partial charge in [-0.2, -0.15) is 0 Å². The molecule has 0 fully saturated rings. The summed E-state index contributed by atoms with van der Waals surface area (Å²) in [5.41, 5.74) is 9.32. The average molecular weight is 317 g/mol. The van der Waals surface area contributed by atoms with Gasteiger partial charge in [0.15, 0.2) is 0 Å². The van der Waals surface area contributed by atoms with E-state index in [-0.39, 0.29) is 18.7 Å². The number of carboxylic acid groups (broad SMARTS) is 1. The Morgan fingerprint density at radius 2 is 1.91 bits per heavy atom. The van der Waals surface area contributed by atoms with Crippen molar-refractivity contribution in [1.82, 2.24) is 0 Å². The number of aromatic carboxylic acids is 1. The highest BCUT2D eigenvalue weighted by atomic mass is 16.4. The van der Waals surface area contributed by atoms with E-state index in [1.807, 2.05) is 0 Å². The van der Waals surface area contributed by atoms with E-state index in [0.717, 1.165) is 0 Å². The van der Waals surface area contributed by atoms with Crippen molar-refractivity contribution in [2.24, 2.45) is 5.11 Å². The summed E-state index contributed by atoms with van der Waals surface area (Å²) in [7, 11) is 0. The van der Waals surface area contributed by atoms with Gasteiger partial charge in [0.25, 0.3) is 0 Å². The highest BCUT2D eigenvalue weighted by molar-refractivity contribution is 5.85. The molecule has 0 aliphatic rings. The lowest BCUT2D eigenvalue weighted by Crippen LogP contribution is -2.19. The van der Waals surface area contributed by atoms with Gasteiger partial charge in [0.1, 0.15) is 11.9 Å². The molecule has 0 saturated heterocycles. The topological polar surface area (TPSA) is 140 Å². The lowest BCUT2D eigenvalue weighted by molar-refractivity contribution is 0.0150. The molecule has 120 valence electrons. The van der Waals surface area contributed by atoms with Crippen LogP contribution in [0.15, 0.2) is 45.9 Å². The smallest absolute Gasteiger partial charge is 0.371 e. The molecule has 0 aliphatic carbocycles. The molecule has 0 spiro atoms. The summed E-state index contributed by atoms with van der Waals surface area (Å²) in [5, 5.41) is 32.0. The molecule has 0 saturated carbocycles. The molecule has 3 N–H and O–H groups in total. The normalized spacial score (nSPS) is 13.1. The number of hydrogen-bond donors (Lipinski definition) is 3. The summed E-state index contributed by atoms with van der Waals surface area (Å²) in [6.45, 7) is 0.0944. The van der Waals surface area contributed by atoms with E-state index in [4.69, 9.17) is 15.1 Å². The van der Waals surface area contributed by atoms with Gasteiger partial charge in [-0.25, -0.2) is 4.79 Å². The van der Waals surface area contributed by atoms with Crippen molar-refractivity contribution in [3.63, 3.8) is 0 Å². The number of rotatable bonds is 7. The average Bonchev–Trinajstić information content (AvgIpc) is 3.05. The second-order valence-corrected chi connectivity index (χ2v) is 4.85. The van der Waals surface area contributed by atoms with Gasteiger partial charge in [-0.05, 0) is 29.6 Å². The highest BCUT2D eigenvalue weighted by Gasteiger charge is 2.18. The van der Waals surface area contributed by atoms with Crippen LogP contribution in [0.5, 0.6) is 0 Å². The lowest BCUT2D eigenvalue weighted by atomic mass is 10.0. The van der Waals surface area contributed by atoms with Crippen LogP contribution in [-0.2, 0) is 0 Å². The zero-order valence-electron chi connectivity index (χ0n) is 12.0. The summed E-state index contributed by atoms with van der Waals surface area (Å²) in [6, 6.07) is 9.44. The van der Waals surface area contributed by atoms with Gasteiger partial charge in [0.05, 0.1) is 6.10 Å². The maximum Gasteiger partial charge on any atom is 0.371 e. The van der Waals surface area contributed by atoms with Crippen molar-refractivity contribution in [3.05, 3.63) is 58.2 Å². The molecular formula is C15H15N3O5. The van der Waals surface area contributed by atoms with Crippen LogP contribution in [0.25, 0.3) is 21.8 Å². The Morgan fingerprint density at radius 1 is 1.22 bits per heavy atom. The summed E-state index contributed by atoms with van der Waals surface area (Å²) in [5.74, 6) is -0.906. The third-order valence-electron chi connectivity index (χ3n) is 3.31. The SMILES string of the molecule is [N-]=[N+]=NCCC(O)C(O)c1ccc(-c2ccc(C(=O)O)o2)cc1. The minimum Gasteiger partial charge on any atom is -0.475 e. The number of hydrogen-bond acceptors (Lipinski definition) is 5. The van der Waals surface area contributed by atoms with Crippen molar-refractivity contribution in [3.8, 4) is 11.3 Å². The first-order chi connectivity index (χ1) is 11.0. The van der Waals surface area contributed by atoms with Crippen LogP contribution >= 0.6 is 0 Å². The third-order valence-corrected chi connectivity index (χ3v) is 3.31. The molecule has 0 radical (unpaired) electrons. The Bertz CT molecular complexity index is 719. The zero-order valence-corrected chi connectivity index (χ0v) is 12.0. The third kappa shape index (κ3) is 4.10. The van der Waals surface area contributed by atoms with Gasteiger partial charge in [0, 0.05) is 17.0 Å². The molecule has 2 rings (SSSR count). The molecule has 1 aromatic carbocycles. The Balaban J connectivity index is 2.08. The second kappa shape index (κ2) is 7.46.